The van der Waals surface area contributed by atoms with Gasteiger partial charge in [0.25, 0.3) is 0 Å². The summed E-state index contributed by atoms with van der Waals surface area (Å²) in [6.45, 7) is 6.13. The highest BCUT2D eigenvalue weighted by Gasteiger charge is 2.32. The van der Waals surface area contributed by atoms with Crippen LogP contribution in [0.3, 0.4) is 0 Å². The summed E-state index contributed by atoms with van der Waals surface area (Å²) in [7, 11) is 0. The normalized spacial score (nSPS) is 15.6. The summed E-state index contributed by atoms with van der Waals surface area (Å²) in [4.78, 5) is 33.7. The number of benzene rings is 1. The van der Waals surface area contributed by atoms with Crippen molar-refractivity contribution in [3.05, 3.63) is 41.9 Å². The van der Waals surface area contributed by atoms with Crippen LogP contribution in [0, 0.1) is 11.8 Å². The van der Waals surface area contributed by atoms with Crippen molar-refractivity contribution >= 4 is 34.8 Å². The number of nitrogens with zero attached hydrogens (tertiary/aromatic N) is 4. The molecule has 1 aliphatic heterocycles. The molecule has 1 N–H and O–H groups in total. The molecule has 0 saturated carbocycles. The van der Waals surface area contributed by atoms with Crippen molar-refractivity contribution in [2.75, 3.05) is 29.9 Å². The van der Waals surface area contributed by atoms with Gasteiger partial charge in [0.15, 0.2) is 0 Å². The van der Waals surface area contributed by atoms with Crippen LogP contribution in [-0.4, -0.2) is 51.9 Å². The van der Waals surface area contributed by atoms with Crippen LogP contribution in [0.4, 0.5) is 11.4 Å². The van der Waals surface area contributed by atoms with E-state index in [2.05, 4.69) is 34.0 Å². The molecule has 0 radical (unpaired) electrons. The smallest absolute Gasteiger partial charge is 0.247 e. The minimum atomic E-state index is -0.491. The van der Waals surface area contributed by atoms with Gasteiger partial charge in [0.1, 0.15) is 12.6 Å². The van der Waals surface area contributed by atoms with Crippen LogP contribution in [-0.2, 0) is 16.1 Å². The quantitative estimate of drug-likeness (QED) is 0.615. The van der Waals surface area contributed by atoms with Crippen LogP contribution in [0.5, 0.6) is 0 Å². The van der Waals surface area contributed by atoms with Gasteiger partial charge >= 0.3 is 0 Å². The number of carbonyl (C=O) groups is 2. The zero-order valence-corrected chi connectivity index (χ0v) is 19.4. The molecule has 2 amide bonds. The largest absolute Gasteiger partial charge is 0.359 e. The lowest BCUT2D eigenvalue weighted by Crippen LogP contribution is -2.50. The van der Waals surface area contributed by atoms with Crippen LogP contribution >= 0.6 is 11.6 Å². The first-order chi connectivity index (χ1) is 15.5. The second-order valence-electron chi connectivity index (χ2n) is 7.84. The third-order valence-electron chi connectivity index (χ3n) is 5.50. The van der Waals surface area contributed by atoms with Crippen molar-refractivity contribution in [3.63, 3.8) is 0 Å². The van der Waals surface area contributed by atoms with Gasteiger partial charge in [-0.15, -0.1) is 5.92 Å². The molecule has 1 saturated heterocycles. The van der Waals surface area contributed by atoms with E-state index in [4.69, 9.17) is 11.6 Å². The topological polar surface area (TPSA) is 70.5 Å². The SMILES string of the molecule is CC#CCN(CCC)c1ccc(NC(=O)[C@H]2CCCCN2C(=O)Cn2ccnc2)cc1Cl. The molecule has 1 aromatic heterocycles. The number of carbonyl (C=O) groups excluding carboxylic acids is 2. The Bertz CT molecular complexity index is 980. The predicted octanol–water partition coefficient (Wildman–Crippen LogP) is 3.80. The molecule has 7 nitrogen and oxygen atoms in total. The van der Waals surface area contributed by atoms with E-state index in [0.717, 1.165) is 31.5 Å². The van der Waals surface area contributed by atoms with E-state index in [1.165, 1.54) is 0 Å². The Morgan fingerprint density at radius 1 is 1.34 bits per heavy atom. The third-order valence-corrected chi connectivity index (χ3v) is 5.80. The number of anilines is 2. The first-order valence-electron chi connectivity index (χ1n) is 11.0. The Morgan fingerprint density at radius 3 is 2.88 bits per heavy atom. The van der Waals surface area contributed by atoms with Crippen LogP contribution in [0.2, 0.25) is 5.02 Å². The number of amides is 2. The average Bonchev–Trinajstić information content (AvgIpc) is 3.30. The van der Waals surface area contributed by atoms with Crippen molar-refractivity contribution in [2.24, 2.45) is 0 Å². The highest BCUT2D eigenvalue weighted by Crippen LogP contribution is 2.29. The molecular formula is C24H30ClN5O2. The molecule has 0 unspecified atom stereocenters. The number of nitrogens with one attached hydrogen (secondary N) is 1. The van der Waals surface area contributed by atoms with E-state index in [0.29, 0.717) is 30.2 Å². The molecule has 1 aromatic carbocycles. The molecule has 3 rings (SSSR count). The van der Waals surface area contributed by atoms with Crippen LogP contribution in [0.1, 0.15) is 39.5 Å². The average molecular weight is 456 g/mol. The molecule has 0 bridgehead atoms. The standard InChI is InChI=1S/C24H30ClN5O2/c1-3-5-13-29(12-4-2)21-10-9-19(16-20(21)25)27-24(32)22-8-6-7-14-30(22)23(31)17-28-15-11-26-18-28/h9-11,15-16,18,22H,4,6-8,12-14,17H2,1-2H3,(H,27,32)/t22-/m1/s1. The van der Waals surface area contributed by atoms with Gasteiger partial charge in [0.05, 0.1) is 23.6 Å². The maximum atomic E-state index is 13.1. The summed E-state index contributed by atoms with van der Waals surface area (Å²) < 4.78 is 1.72. The third kappa shape index (κ3) is 6.04. The number of piperidine rings is 1. The minimum Gasteiger partial charge on any atom is -0.359 e. The predicted molar refractivity (Wildman–Crippen MR) is 128 cm³/mol. The fourth-order valence-corrected chi connectivity index (χ4v) is 4.23. The van der Waals surface area contributed by atoms with Gasteiger partial charge in [-0.25, -0.2) is 4.98 Å². The van der Waals surface area contributed by atoms with Crippen LogP contribution < -0.4 is 10.2 Å². The van der Waals surface area contributed by atoms with E-state index in [1.807, 2.05) is 19.1 Å². The molecule has 2 aromatic rings. The van der Waals surface area contributed by atoms with Gasteiger partial charge in [0, 0.05) is 31.2 Å². The lowest BCUT2D eigenvalue weighted by atomic mass is 10.0. The maximum absolute atomic E-state index is 13.1. The monoisotopic (exact) mass is 455 g/mol. The molecule has 1 atom stereocenters. The molecule has 0 aliphatic carbocycles. The summed E-state index contributed by atoms with van der Waals surface area (Å²) in [6.07, 6.45) is 8.42. The van der Waals surface area contributed by atoms with E-state index >= 15 is 0 Å². The fourth-order valence-electron chi connectivity index (χ4n) is 3.93. The molecule has 0 spiro atoms. The van der Waals surface area contributed by atoms with Gasteiger partial charge < -0.3 is 19.7 Å². The lowest BCUT2D eigenvalue weighted by molar-refractivity contribution is -0.140. The van der Waals surface area contributed by atoms with E-state index in [-0.39, 0.29) is 18.4 Å². The summed E-state index contributed by atoms with van der Waals surface area (Å²) in [5, 5.41) is 3.52. The van der Waals surface area contributed by atoms with E-state index in [1.54, 1.807) is 34.3 Å². The fraction of sp³-hybridized carbons (Fsp3) is 0.458. The first-order valence-corrected chi connectivity index (χ1v) is 11.4. The molecule has 1 aliphatic rings. The van der Waals surface area contributed by atoms with Gasteiger partial charge in [-0.3, -0.25) is 9.59 Å². The number of halogens is 1. The van der Waals surface area contributed by atoms with E-state index in [9.17, 15) is 9.59 Å². The zero-order valence-electron chi connectivity index (χ0n) is 18.7. The number of imidazole rings is 1. The van der Waals surface area contributed by atoms with Gasteiger partial charge in [-0.05, 0) is 50.8 Å². The summed E-state index contributed by atoms with van der Waals surface area (Å²) in [5.41, 5.74) is 1.51. The minimum absolute atomic E-state index is 0.0801. The Morgan fingerprint density at radius 2 is 2.19 bits per heavy atom. The number of aromatic nitrogens is 2. The van der Waals surface area contributed by atoms with Crippen LogP contribution in [0.25, 0.3) is 0 Å². The van der Waals surface area contributed by atoms with Gasteiger partial charge in [-0.1, -0.05) is 24.4 Å². The summed E-state index contributed by atoms with van der Waals surface area (Å²) >= 11 is 6.55. The Balaban J connectivity index is 1.69. The Labute approximate surface area is 194 Å². The molecule has 2 heterocycles. The number of hydrogen-bond donors (Lipinski definition) is 1. The number of rotatable bonds is 8. The zero-order chi connectivity index (χ0) is 22.9. The molecular weight excluding hydrogens is 426 g/mol. The maximum Gasteiger partial charge on any atom is 0.247 e. The highest BCUT2D eigenvalue weighted by atomic mass is 35.5. The first kappa shape index (κ1) is 23.7. The Kier molecular flexibility index (Phi) is 8.57. The van der Waals surface area contributed by atoms with Crippen LogP contribution in [0.15, 0.2) is 36.9 Å². The molecule has 32 heavy (non-hydrogen) atoms. The van der Waals surface area contributed by atoms with Crippen molar-refractivity contribution in [1.82, 2.24) is 14.5 Å². The number of hydrogen-bond acceptors (Lipinski definition) is 4. The lowest BCUT2D eigenvalue weighted by Gasteiger charge is -2.35. The van der Waals surface area contributed by atoms with Gasteiger partial charge in [0.2, 0.25) is 11.8 Å². The van der Waals surface area contributed by atoms with Gasteiger partial charge in [-0.2, -0.15) is 0 Å². The van der Waals surface area contributed by atoms with Crippen molar-refractivity contribution in [3.8, 4) is 11.8 Å². The molecule has 1 fully saturated rings. The summed E-state index contributed by atoms with van der Waals surface area (Å²) in [6, 6.07) is 5.03. The second-order valence-corrected chi connectivity index (χ2v) is 8.24. The van der Waals surface area contributed by atoms with Crippen molar-refractivity contribution in [2.45, 2.75) is 52.1 Å². The highest BCUT2D eigenvalue weighted by molar-refractivity contribution is 6.33. The summed E-state index contributed by atoms with van der Waals surface area (Å²) in [5.74, 6) is 5.74. The number of likely N-dealkylation sites (tertiary alicyclic amines) is 1. The molecule has 170 valence electrons. The molecule has 8 heteroatoms. The second kappa shape index (κ2) is 11.6. The van der Waals surface area contributed by atoms with E-state index < -0.39 is 6.04 Å². The van der Waals surface area contributed by atoms with Crippen molar-refractivity contribution < 1.29 is 9.59 Å². The Hall–Kier alpha value is -2.98. The van der Waals surface area contributed by atoms with Crippen molar-refractivity contribution in [1.29, 1.82) is 0 Å².